The van der Waals surface area contributed by atoms with Crippen LogP contribution in [0.15, 0.2) is 88.9 Å². The Morgan fingerprint density at radius 3 is 2.25 bits per heavy atom. The minimum Gasteiger partial charge on any atom is -0.497 e. The van der Waals surface area contributed by atoms with Crippen LogP contribution in [0.25, 0.3) is 17.1 Å². The lowest BCUT2D eigenvalue weighted by atomic mass is 10.2. The summed E-state index contributed by atoms with van der Waals surface area (Å²) in [4.78, 5) is 0.333. The number of benzene rings is 3. The van der Waals surface area contributed by atoms with E-state index in [9.17, 15) is 8.42 Å². The van der Waals surface area contributed by atoms with E-state index < -0.39 is 9.84 Å². The maximum atomic E-state index is 12.6. The van der Waals surface area contributed by atoms with Gasteiger partial charge >= 0.3 is 0 Å². The zero-order valence-corrected chi connectivity index (χ0v) is 19.4. The number of aryl methyl sites for hydroxylation is 1. The average Bonchev–Trinajstić information content (AvgIpc) is 3.24. The summed E-state index contributed by atoms with van der Waals surface area (Å²) in [5.74, 6) is 1.82. The van der Waals surface area contributed by atoms with E-state index >= 15 is 0 Å². The second kappa shape index (κ2) is 9.58. The van der Waals surface area contributed by atoms with Gasteiger partial charge in [-0.05, 0) is 55.5 Å². The van der Waals surface area contributed by atoms with Crippen molar-refractivity contribution in [3.05, 3.63) is 84.4 Å². The minimum absolute atomic E-state index is 0.0142. The van der Waals surface area contributed by atoms with Crippen LogP contribution in [0.2, 0.25) is 0 Å². The molecule has 0 spiro atoms. The van der Waals surface area contributed by atoms with Crippen LogP contribution in [0.4, 0.5) is 0 Å². The molecule has 6 nitrogen and oxygen atoms in total. The first-order valence-corrected chi connectivity index (χ1v) is 12.7. The normalized spacial score (nSPS) is 11.4. The maximum absolute atomic E-state index is 12.6. The lowest BCUT2D eigenvalue weighted by Crippen LogP contribution is -2.09. The van der Waals surface area contributed by atoms with Crippen LogP contribution >= 0.6 is 11.8 Å². The van der Waals surface area contributed by atoms with E-state index in [-0.39, 0.29) is 5.75 Å². The molecule has 0 saturated carbocycles. The summed E-state index contributed by atoms with van der Waals surface area (Å²) >= 11 is 1.38. The highest BCUT2D eigenvalue weighted by atomic mass is 32.2. The van der Waals surface area contributed by atoms with E-state index in [4.69, 9.17) is 4.74 Å². The van der Waals surface area contributed by atoms with Crippen LogP contribution in [-0.2, 0) is 9.84 Å². The van der Waals surface area contributed by atoms with E-state index in [0.717, 1.165) is 22.6 Å². The standard InChI is InChI=1S/C24H23N3O3S2/c1-18-8-12-20(13-9-18)27-23(19-10-14-21(30-2)15-11-19)25-26-24(27)31-16-17-32(28,29)22-6-4-3-5-7-22/h3-15H,16-17H2,1-2H3. The van der Waals surface area contributed by atoms with Crippen molar-refractivity contribution in [2.75, 3.05) is 18.6 Å². The number of methoxy groups -OCH3 is 1. The molecule has 4 rings (SSSR count). The first kappa shape index (κ1) is 22.1. The second-order valence-corrected chi connectivity index (χ2v) is 10.4. The quantitative estimate of drug-likeness (QED) is 0.348. The smallest absolute Gasteiger partial charge is 0.196 e. The van der Waals surface area contributed by atoms with E-state index in [1.807, 2.05) is 60.0 Å². The average molecular weight is 466 g/mol. The lowest BCUT2D eigenvalue weighted by molar-refractivity contribution is 0.415. The van der Waals surface area contributed by atoms with Gasteiger partial charge in [-0.25, -0.2) is 8.42 Å². The molecule has 164 valence electrons. The second-order valence-electron chi connectivity index (χ2n) is 7.19. The number of aromatic nitrogens is 3. The summed E-state index contributed by atoms with van der Waals surface area (Å²) in [6.45, 7) is 2.03. The molecule has 0 aliphatic carbocycles. The lowest BCUT2D eigenvalue weighted by Gasteiger charge is -2.11. The first-order chi connectivity index (χ1) is 15.5. The summed E-state index contributed by atoms with van der Waals surface area (Å²) < 4.78 is 32.5. The van der Waals surface area contributed by atoms with E-state index in [1.54, 1.807) is 37.4 Å². The molecule has 0 unspecified atom stereocenters. The molecule has 32 heavy (non-hydrogen) atoms. The van der Waals surface area contributed by atoms with Gasteiger partial charge in [-0.1, -0.05) is 47.7 Å². The fraction of sp³-hybridized carbons (Fsp3) is 0.167. The van der Waals surface area contributed by atoms with Crippen LogP contribution < -0.4 is 4.74 Å². The molecule has 0 atom stereocenters. The Morgan fingerprint density at radius 1 is 0.906 bits per heavy atom. The van der Waals surface area contributed by atoms with Crippen molar-refractivity contribution < 1.29 is 13.2 Å². The summed E-state index contributed by atoms with van der Waals surface area (Å²) in [6, 6.07) is 24.2. The van der Waals surface area contributed by atoms with E-state index in [1.165, 1.54) is 11.8 Å². The van der Waals surface area contributed by atoms with E-state index in [2.05, 4.69) is 10.2 Å². The molecular weight excluding hydrogens is 442 g/mol. The number of hydrogen-bond acceptors (Lipinski definition) is 6. The summed E-state index contributed by atoms with van der Waals surface area (Å²) in [5.41, 5.74) is 2.96. The molecule has 1 aromatic heterocycles. The molecule has 4 aromatic rings. The van der Waals surface area contributed by atoms with E-state index in [0.29, 0.717) is 21.6 Å². The number of ether oxygens (including phenoxy) is 1. The molecule has 0 N–H and O–H groups in total. The highest BCUT2D eigenvalue weighted by Crippen LogP contribution is 2.29. The highest BCUT2D eigenvalue weighted by Gasteiger charge is 2.19. The van der Waals surface area contributed by atoms with Crippen molar-refractivity contribution in [1.29, 1.82) is 0 Å². The van der Waals surface area contributed by atoms with Crippen LogP contribution in [0.3, 0.4) is 0 Å². The Balaban J connectivity index is 1.63. The van der Waals surface area contributed by atoms with Gasteiger partial charge < -0.3 is 4.74 Å². The first-order valence-electron chi connectivity index (χ1n) is 10.1. The monoisotopic (exact) mass is 465 g/mol. The molecule has 8 heteroatoms. The van der Waals surface area contributed by atoms with Gasteiger partial charge in [0.05, 0.1) is 17.8 Å². The van der Waals surface area contributed by atoms with Crippen molar-refractivity contribution in [3.8, 4) is 22.8 Å². The van der Waals surface area contributed by atoms with Crippen molar-refractivity contribution in [3.63, 3.8) is 0 Å². The molecule has 1 heterocycles. The summed E-state index contributed by atoms with van der Waals surface area (Å²) in [5, 5.41) is 9.43. The number of rotatable bonds is 8. The van der Waals surface area contributed by atoms with Gasteiger partial charge in [0.2, 0.25) is 0 Å². The Hall–Kier alpha value is -3.10. The summed E-state index contributed by atoms with van der Waals surface area (Å²) in [6.07, 6.45) is 0. The number of hydrogen-bond donors (Lipinski definition) is 0. The number of nitrogens with zero attached hydrogens (tertiary/aromatic N) is 3. The highest BCUT2D eigenvalue weighted by molar-refractivity contribution is 8.00. The van der Waals surface area contributed by atoms with Crippen molar-refractivity contribution in [2.45, 2.75) is 17.0 Å². The third-order valence-corrected chi connectivity index (χ3v) is 7.88. The van der Waals surface area contributed by atoms with Gasteiger partial charge in [0.25, 0.3) is 0 Å². The number of sulfone groups is 1. The third kappa shape index (κ3) is 4.87. The van der Waals surface area contributed by atoms with Crippen molar-refractivity contribution in [2.24, 2.45) is 0 Å². The van der Waals surface area contributed by atoms with Gasteiger partial charge in [-0.2, -0.15) is 0 Å². The zero-order chi connectivity index (χ0) is 22.6. The molecule has 0 fully saturated rings. The fourth-order valence-electron chi connectivity index (χ4n) is 3.21. The summed E-state index contributed by atoms with van der Waals surface area (Å²) in [7, 11) is -1.73. The Bertz CT molecular complexity index is 1280. The predicted molar refractivity (Wildman–Crippen MR) is 127 cm³/mol. The number of thioether (sulfide) groups is 1. The third-order valence-electron chi connectivity index (χ3n) is 4.96. The van der Waals surface area contributed by atoms with Crippen molar-refractivity contribution in [1.82, 2.24) is 14.8 Å². The van der Waals surface area contributed by atoms with Crippen molar-refractivity contribution >= 4 is 21.6 Å². The molecule has 0 radical (unpaired) electrons. The SMILES string of the molecule is COc1ccc(-c2nnc(SCCS(=O)(=O)c3ccccc3)n2-c2ccc(C)cc2)cc1. The maximum Gasteiger partial charge on any atom is 0.196 e. The molecule has 0 bridgehead atoms. The van der Waals surface area contributed by atoms with Gasteiger partial charge in [0.1, 0.15) is 5.75 Å². The van der Waals surface area contributed by atoms with Gasteiger partial charge in [-0.3, -0.25) is 4.57 Å². The molecule has 3 aromatic carbocycles. The zero-order valence-electron chi connectivity index (χ0n) is 17.8. The largest absolute Gasteiger partial charge is 0.497 e. The molecular formula is C24H23N3O3S2. The van der Waals surface area contributed by atoms with Gasteiger partial charge in [0.15, 0.2) is 20.8 Å². The van der Waals surface area contributed by atoms with Gasteiger partial charge in [-0.15, -0.1) is 10.2 Å². The van der Waals surface area contributed by atoms with Crippen LogP contribution in [0.5, 0.6) is 5.75 Å². The van der Waals surface area contributed by atoms with Gasteiger partial charge in [0, 0.05) is 17.0 Å². The van der Waals surface area contributed by atoms with Crippen LogP contribution in [-0.4, -0.2) is 41.8 Å². The Labute approximate surface area is 192 Å². The van der Waals surface area contributed by atoms with Crippen LogP contribution in [0.1, 0.15) is 5.56 Å². The molecule has 0 saturated heterocycles. The molecule has 0 amide bonds. The molecule has 0 aliphatic heterocycles. The molecule has 0 aliphatic rings. The topological polar surface area (TPSA) is 74.1 Å². The van der Waals surface area contributed by atoms with Crippen LogP contribution in [0, 0.1) is 6.92 Å². The Kier molecular flexibility index (Phi) is 6.62. The minimum atomic E-state index is -3.36. The predicted octanol–water partition coefficient (Wildman–Crippen LogP) is 4.82. The Morgan fingerprint density at radius 2 is 1.59 bits per heavy atom. The fourth-order valence-corrected chi connectivity index (χ4v) is 5.83.